The number of hydrogen-bond donors (Lipinski definition) is 2. The molecule has 1 aromatic carbocycles. The summed E-state index contributed by atoms with van der Waals surface area (Å²) < 4.78 is 0. The Bertz CT molecular complexity index is 724. The third-order valence-corrected chi connectivity index (χ3v) is 5.14. The average Bonchev–Trinajstić information content (AvgIpc) is 3.04. The maximum atomic E-state index is 12.7. The summed E-state index contributed by atoms with van der Waals surface area (Å²) in [5.74, 6) is 0.502. The Labute approximate surface area is 148 Å². The highest BCUT2D eigenvalue weighted by molar-refractivity contribution is 5.98. The van der Waals surface area contributed by atoms with Gasteiger partial charge in [-0.15, -0.1) is 0 Å². The second kappa shape index (κ2) is 7.30. The lowest BCUT2D eigenvalue weighted by molar-refractivity contribution is -0.127. The molecule has 1 saturated heterocycles. The lowest BCUT2D eigenvalue weighted by atomic mass is 9.84. The molecular weight excluding hydrogens is 314 g/mol. The molecule has 25 heavy (non-hydrogen) atoms. The van der Waals surface area contributed by atoms with Gasteiger partial charge in [0.25, 0.3) is 5.91 Å². The third kappa shape index (κ3) is 3.86. The van der Waals surface area contributed by atoms with Crippen molar-refractivity contribution in [1.29, 1.82) is 0 Å². The molecule has 0 spiro atoms. The first-order valence-corrected chi connectivity index (χ1v) is 9.13. The van der Waals surface area contributed by atoms with Gasteiger partial charge in [-0.1, -0.05) is 25.1 Å². The van der Waals surface area contributed by atoms with Crippen molar-refractivity contribution in [2.24, 2.45) is 11.8 Å². The number of nitrogens with zero attached hydrogens (tertiary/aromatic N) is 1. The molecule has 2 aromatic rings. The van der Waals surface area contributed by atoms with Gasteiger partial charge in [-0.05, 0) is 44.7 Å². The van der Waals surface area contributed by atoms with E-state index in [0.717, 1.165) is 23.7 Å². The van der Waals surface area contributed by atoms with Gasteiger partial charge in [0.1, 0.15) is 5.69 Å². The predicted molar refractivity (Wildman–Crippen MR) is 99.4 cm³/mol. The first-order valence-electron chi connectivity index (χ1n) is 9.13. The van der Waals surface area contributed by atoms with Crippen LogP contribution in [-0.2, 0) is 4.79 Å². The highest BCUT2D eigenvalue weighted by Gasteiger charge is 2.30. The zero-order valence-corrected chi connectivity index (χ0v) is 15.2. The molecule has 1 aromatic heterocycles. The van der Waals surface area contributed by atoms with E-state index in [4.69, 9.17) is 0 Å². The second-order valence-electron chi connectivity index (χ2n) is 7.35. The standard InChI is InChI=1S/C20H27N3O2/c1-13(2)21-19(24)14(3)15-8-10-23(11-9-15)20(25)18-12-16-6-4-5-7-17(16)22-18/h4-7,12-15,22H,8-11H2,1-3H3,(H,21,24). The minimum atomic E-state index is -0.00673. The van der Waals surface area contributed by atoms with Crippen molar-refractivity contribution in [2.75, 3.05) is 13.1 Å². The summed E-state index contributed by atoms with van der Waals surface area (Å²) in [6.45, 7) is 7.37. The number of aromatic nitrogens is 1. The SMILES string of the molecule is CC(C)NC(=O)C(C)C1CCN(C(=O)c2cc3ccccc3[nH]2)CC1. The van der Waals surface area contributed by atoms with Crippen LogP contribution in [0.3, 0.4) is 0 Å². The fraction of sp³-hybridized carbons (Fsp3) is 0.500. The number of para-hydroxylation sites is 1. The number of fused-ring (bicyclic) bond motifs is 1. The van der Waals surface area contributed by atoms with Crippen LogP contribution in [0.1, 0.15) is 44.1 Å². The highest BCUT2D eigenvalue weighted by atomic mass is 16.2. The van der Waals surface area contributed by atoms with E-state index < -0.39 is 0 Å². The Kier molecular flexibility index (Phi) is 5.11. The Morgan fingerprint density at radius 3 is 2.48 bits per heavy atom. The number of aromatic amines is 1. The molecule has 2 amide bonds. The Morgan fingerprint density at radius 2 is 1.84 bits per heavy atom. The molecule has 1 aliphatic heterocycles. The molecule has 2 N–H and O–H groups in total. The molecule has 2 heterocycles. The minimum Gasteiger partial charge on any atom is -0.354 e. The smallest absolute Gasteiger partial charge is 0.270 e. The van der Waals surface area contributed by atoms with E-state index in [1.54, 1.807) is 0 Å². The Hall–Kier alpha value is -2.30. The fourth-order valence-corrected chi connectivity index (χ4v) is 3.59. The van der Waals surface area contributed by atoms with Crippen LogP contribution >= 0.6 is 0 Å². The predicted octanol–water partition coefficient (Wildman–Crippen LogP) is 3.18. The number of carbonyl (C=O) groups excluding carboxylic acids is 2. The van der Waals surface area contributed by atoms with Crippen LogP contribution in [0.15, 0.2) is 30.3 Å². The van der Waals surface area contributed by atoms with Gasteiger partial charge in [-0.3, -0.25) is 9.59 Å². The summed E-state index contributed by atoms with van der Waals surface area (Å²) >= 11 is 0. The normalized spacial score (nSPS) is 17.0. The molecule has 0 aliphatic carbocycles. The summed E-state index contributed by atoms with van der Waals surface area (Å²) in [5, 5.41) is 4.05. The third-order valence-electron chi connectivity index (χ3n) is 5.14. The number of carbonyl (C=O) groups is 2. The van der Waals surface area contributed by atoms with Crippen molar-refractivity contribution in [3.63, 3.8) is 0 Å². The number of piperidine rings is 1. The number of H-pyrrole nitrogens is 1. The van der Waals surface area contributed by atoms with E-state index >= 15 is 0 Å². The van der Waals surface area contributed by atoms with Gasteiger partial charge < -0.3 is 15.2 Å². The molecule has 0 bridgehead atoms. The monoisotopic (exact) mass is 341 g/mol. The van der Waals surface area contributed by atoms with Crippen LogP contribution < -0.4 is 5.32 Å². The lowest BCUT2D eigenvalue weighted by Gasteiger charge is -2.34. The van der Waals surface area contributed by atoms with Gasteiger partial charge in [-0.25, -0.2) is 0 Å². The van der Waals surface area contributed by atoms with Gasteiger partial charge >= 0.3 is 0 Å². The molecule has 1 fully saturated rings. The molecule has 0 radical (unpaired) electrons. The van der Waals surface area contributed by atoms with Crippen molar-refractivity contribution in [3.05, 3.63) is 36.0 Å². The molecule has 3 rings (SSSR count). The molecular formula is C20H27N3O2. The van der Waals surface area contributed by atoms with Crippen LogP contribution in [0.4, 0.5) is 0 Å². The van der Waals surface area contributed by atoms with Gasteiger partial charge in [0.15, 0.2) is 0 Å². The summed E-state index contributed by atoms with van der Waals surface area (Å²) in [4.78, 5) is 30.0. The van der Waals surface area contributed by atoms with Crippen molar-refractivity contribution >= 4 is 22.7 Å². The minimum absolute atomic E-state index is 0.00673. The molecule has 5 heteroatoms. The van der Waals surface area contributed by atoms with E-state index in [9.17, 15) is 9.59 Å². The van der Waals surface area contributed by atoms with Gasteiger partial charge in [0, 0.05) is 36.0 Å². The van der Waals surface area contributed by atoms with Gasteiger partial charge in [0.05, 0.1) is 0 Å². The second-order valence-corrected chi connectivity index (χ2v) is 7.35. The maximum Gasteiger partial charge on any atom is 0.270 e. The molecule has 1 atom stereocenters. The van der Waals surface area contributed by atoms with Crippen LogP contribution in [0.25, 0.3) is 10.9 Å². The summed E-state index contributed by atoms with van der Waals surface area (Å²) in [6.07, 6.45) is 1.75. The van der Waals surface area contributed by atoms with E-state index in [-0.39, 0.29) is 23.8 Å². The van der Waals surface area contributed by atoms with Crippen LogP contribution in [-0.4, -0.2) is 40.8 Å². The zero-order chi connectivity index (χ0) is 18.0. The van der Waals surface area contributed by atoms with Crippen LogP contribution in [0, 0.1) is 11.8 Å². The summed E-state index contributed by atoms with van der Waals surface area (Å²) in [5.41, 5.74) is 1.63. The van der Waals surface area contributed by atoms with Gasteiger partial charge in [-0.2, -0.15) is 0 Å². The molecule has 0 saturated carbocycles. The van der Waals surface area contributed by atoms with Crippen molar-refractivity contribution in [2.45, 2.75) is 39.7 Å². The van der Waals surface area contributed by atoms with Crippen LogP contribution in [0.2, 0.25) is 0 Å². The largest absolute Gasteiger partial charge is 0.354 e. The number of benzene rings is 1. The molecule has 5 nitrogen and oxygen atoms in total. The molecule has 134 valence electrons. The average molecular weight is 341 g/mol. The van der Waals surface area contributed by atoms with Crippen molar-refractivity contribution < 1.29 is 9.59 Å². The van der Waals surface area contributed by atoms with Crippen LogP contribution in [0.5, 0.6) is 0 Å². The fourth-order valence-electron chi connectivity index (χ4n) is 3.59. The molecule has 1 aliphatic rings. The van der Waals surface area contributed by atoms with E-state index in [2.05, 4.69) is 10.3 Å². The number of hydrogen-bond acceptors (Lipinski definition) is 2. The Morgan fingerprint density at radius 1 is 1.16 bits per heavy atom. The molecule has 1 unspecified atom stereocenters. The van der Waals surface area contributed by atoms with E-state index in [1.807, 2.05) is 56.0 Å². The Balaban J connectivity index is 1.60. The van der Waals surface area contributed by atoms with E-state index in [1.165, 1.54) is 0 Å². The summed E-state index contributed by atoms with van der Waals surface area (Å²) in [7, 11) is 0. The van der Waals surface area contributed by atoms with Crippen molar-refractivity contribution in [3.8, 4) is 0 Å². The quantitative estimate of drug-likeness (QED) is 0.897. The van der Waals surface area contributed by atoms with Gasteiger partial charge in [0.2, 0.25) is 5.91 Å². The number of nitrogens with one attached hydrogen (secondary N) is 2. The summed E-state index contributed by atoms with van der Waals surface area (Å²) in [6, 6.07) is 10.0. The zero-order valence-electron chi connectivity index (χ0n) is 15.2. The lowest BCUT2D eigenvalue weighted by Crippen LogP contribution is -2.43. The van der Waals surface area contributed by atoms with E-state index in [0.29, 0.717) is 24.7 Å². The number of likely N-dealkylation sites (tertiary alicyclic amines) is 1. The topological polar surface area (TPSA) is 65.2 Å². The number of amides is 2. The highest BCUT2D eigenvalue weighted by Crippen LogP contribution is 2.26. The maximum absolute atomic E-state index is 12.7. The number of rotatable bonds is 4. The first-order chi connectivity index (χ1) is 12.0. The first kappa shape index (κ1) is 17.5. The van der Waals surface area contributed by atoms with Crippen molar-refractivity contribution in [1.82, 2.24) is 15.2 Å².